The van der Waals surface area contributed by atoms with Gasteiger partial charge < -0.3 is 15.0 Å². The minimum atomic E-state index is -2.85. The molecule has 1 aromatic rings. The van der Waals surface area contributed by atoms with Crippen molar-refractivity contribution in [2.45, 2.75) is 39.1 Å². The van der Waals surface area contributed by atoms with Gasteiger partial charge in [-0.1, -0.05) is 6.92 Å². The summed E-state index contributed by atoms with van der Waals surface area (Å²) in [6.07, 6.45) is 1.21. The highest BCUT2D eigenvalue weighted by molar-refractivity contribution is 7.56. The molecular weight excluding hydrogens is 357 g/mol. The summed E-state index contributed by atoms with van der Waals surface area (Å²) in [4.78, 5) is 18.1. The lowest BCUT2D eigenvalue weighted by atomic mass is 10.2. The Balaban J connectivity index is 2.17. The van der Waals surface area contributed by atoms with Crippen molar-refractivity contribution in [3.8, 4) is 0 Å². The van der Waals surface area contributed by atoms with Crippen LogP contribution in [0.3, 0.4) is 0 Å². The molecule has 1 saturated heterocycles. The third-order valence-electron chi connectivity index (χ3n) is 4.54. The van der Waals surface area contributed by atoms with Crippen LogP contribution in [-0.2, 0) is 13.8 Å². The zero-order valence-corrected chi connectivity index (χ0v) is 17.1. The summed E-state index contributed by atoms with van der Waals surface area (Å²) in [6.45, 7) is 7.40. The molecule has 0 bridgehead atoms. The summed E-state index contributed by atoms with van der Waals surface area (Å²) in [7, 11) is 0.637. The molecule has 2 heterocycles. The van der Waals surface area contributed by atoms with E-state index in [1.54, 1.807) is 31.0 Å². The fraction of sp³-hybridized carbons (Fsp3) is 0.750. The molecule has 3 atom stereocenters. The molecule has 148 valence electrons. The summed E-state index contributed by atoms with van der Waals surface area (Å²) in [5, 5.41) is 0. The number of aromatic nitrogens is 2. The fourth-order valence-electron chi connectivity index (χ4n) is 2.85. The minimum absolute atomic E-state index is 0.178. The lowest BCUT2D eigenvalue weighted by Crippen LogP contribution is -2.51. The second-order valence-electron chi connectivity index (χ2n) is 6.90. The van der Waals surface area contributed by atoms with Crippen molar-refractivity contribution in [1.29, 1.82) is 0 Å². The highest BCUT2D eigenvalue weighted by Gasteiger charge is 2.33. The topological polar surface area (TPSA) is 103 Å². The van der Waals surface area contributed by atoms with Gasteiger partial charge in [0, 0.05) is 31.5 Å². The van der Waals surface area contributed by atoms with Crippen LogP contribution in [0.15, 0.2) is 17.1 Å². The van der Waals surface area contributed by atoms with Crippen LogP contribution in [0.4, 0.5) is 5.82 Å². The van der Waals surface area contributed by atoms with Crippen LogP contribution >= 0.6 is 7.52 Å². The van der Waals surface area contributed by atoms with E-state index >= 15 is 0 Å². The maximum atomic E-state index is 12.7. The average Bonchev–Trinajstić information content (AvgIpc) is 2.59. The Morgan fingerprint density at radius 3 is 2.69 bits per heavy atom. The first-order valence-corrected chi connectivity index (χ1v) is 10.6. The molecule has 0 amide bonds. The Morgan fingerprint density at radius 2 is 2.15 bits per heavy atom. The third kappa shape index (κ3) is 4.92. The maximum Gasteiger partial charge on any atom is 0.351 e. The summed E-state index contributed by atoms with van der Waals surface area (Å²) >= 11 is 0. The number of nitrogens with two attached hydrogens (primary N) is 1. The number of ether oxygens (including phenoxy) is 1. The Kier molecular flexibility index (Phi) is 6.99. The number of hydrogen-bond donors (Lipinski definition) is 1. The molecule has 1 aliphatic rings. The maximum absolute atomic E-state index is 12.7. The first-order chi connectivity index (χ1) is 12.2. The monoisotopic (exact) mass is 387 g/mol. The zero-order chi connectivity index (χ0) is 19.5. The van der Waals surface area contributed by atoms with Gasteiger partial charge in [-0.3, -0.25) is 14.0 Å². The molecule has 0 radical (unpaired) electrons. The van der Waals surface area contributed by atoms with Gasteiger partial charge in [-0.25, -0.2) is 9.46 Å². The first-order valence-electron chi connectivity index (χ1n) is 8.82. The van der Waals surface area contributed by atoms with Gasteiger partial charge in [0.25, 0.3) is 7.52 Å². The molecule has 10 heteroatoms. The Hall–Kier alpha value is -1.25. The molecule has 0 aromatic carbocycles. The molecule has 0 spiro atoms. The van der Waals surface area contributed by atoms with Crippen molar-refractivity contribution < 1.29 is 13.8 Å². The fourth-order valence-corrected chi connectivity index (χ4v) is 4.22. The second-order valence-corrected chi connectivity index (χ2v) is 9.86. The largest absolute Gasteiger partial charge is 0.383 e. The van der Waals surface area contributed by atoms with E-state index in [0.717, 1.165) is 0 Å². The van der Waals surface area contributed by atoms with Crippen LogP contribution in [-0.4, -0.2) is 71.2 Å². The molecule has 0 saturated carbocycles. The van der Waals surface area contributed by atoms with Gasteiger partial charge in [-0.05, 0) is 34.0 Å². The van der Waals surface area contributed by atoms with Gasteiger partial charge >= 0.3 is 5.69 Å². The third-order valence-corrected chi connectivity index (χ3v) is 7.11. The van der Waals surface area contributed by atoms with Crippen LogP contribution in [0.5, 0.6) is 0 Å². The van der Waals surface area contributed by atoms with Gasteiger partial charge in [-0.2, -0.15) is 4.98 Å². The van der Waals surface area contributed by atoms with E-state index in [1.165, 1.54) is 4.57 Å². The first kappa shape index (κ1) is 21.1. The number of hydrogen-bond acceptors (Lipinski definition) is 7. The van der Waals surface area contributed by atoms with Crippen LogP contribution in [0.2, 0.25) is 0 Å². The predicted octanol–water partition coefficient (Wildman–Crippen LogP) is 1.22. The van der Waals surface area contributed by atoms with E-state index in [0.29, 0.717) is 19.3 Å². The van der Waals surface area contributed by atoms with Gasteiger partial charge in [-0.15, -0.1) is 0 Å². The van der Waals surface area contributed by atoms with E-state index in [9.17, 15) is 9.36 Å². The Labute approximate surface area is 154 Å². The molecule has 1 aliphatic heterocycles. The standard InChI is InChI=1S/C16H30N5O4P/c1-6-26(23,19(4)5)24-11-13-9-20(12(2)3)10-15(25-13)21-8-7-14(17)18-16(21)22/h7-8,12-13,15H,6,9-11H2,1-5H3,(H2,17,18,22)/t13-,15+,26?/m0/s1. The smallest absolute Gasteiger partial charge is 0.351 e. The molecule has 26 heavy (non-hydrogen) atoms. The van der Waals surface area contributed by atoms with Crippen molar-refractivity contribution >= 4 is 13.3 Å². The number of morpholine rings is 1. The summed E-state index contributed by atoms with van der Waals surface area (Å²) in [5.41, 5.74) is 5.12. The van der Waals surface area contributed by atoms with Gasteiger partial charge in [0.05, 0.1) is 12.7 Å². The second kappa shape index (κ2) is 8.63. The van der Waals surface area contributed by atoms with E-state index in [4.69, 9.17) is 15.0 Å². The highest BCUT2D eigenvalue weighted by Crippen LogP contribution is 2.48. The minimum Gasteiger partial charge on any atom is -0.383 e. The normalized spacial score (nSPS) is 24.1. The van der Waals surface area contributed by atoms with Crippen molar-refractivity contribution in [3.05, 3.63) is 22.7 Å². The van der Waals surface area contributed by atoms with Gasteiger partial charge in [0.2, 0.25) is 0 Å². The summed E-state index contributed by atoms with van der Waals surface area (Å²) < 4.78 is 27.6. The molecular formula is C16H30N5O4P. The van der Waals surface area contributed by atoms with Gasteiger partial charge in [0.1, 0.15) is 5.82 Å². The lowest BCUT2D eigenvalue weighted by molar-refractivity contribution is -0.139. The SMILES string of the molecule is CCP(=O)(OC[C@@H]1CN(C(C)C)C[C@H](n2ccc(N)nc2=O)O1)N(C)C. The van der Waals surface area contributed by atoms with Crippen LogP contribution in [0, 0.1) is 0 Å². The average molecular weight is 387 g/mol. The summed E-state index contributed by atoms with van der Waals surface area (Å²) in [5.74, 6) is 0.178. The van der Waals surface area contributed by atoms with Crippen molar-refractivity contribution in [1.82, 2.24) is 19.1 Å². The molecule has 2 N–H and O–H groups in total. The molecule has 1 unspecified atom stereocenters. The predicted molar refractivity (Wildman–Crippen MR) is 101 cm³/mol. The van der Waals surface area contributed by atoms with Crippen molar-refractivity contribution in [3.63, 3.8) is 0 Å². The number of nitrogen functional groups attached to an aromatic ring is 1. The number of anilines is 1. The quantitative estimate of drug-likeness (QED) is 0.697. The van der Waals surface area contributed by atoms with Gasteiger partial charge in [0.15, 0.2) is 6.23 Å². The molecule has 1 fully saturated rings. The lowest BCUT2D eigenvalue weighted by Gasteiger charge is -2.40. The Bertz CT molecular complexity index is 708. The number of rotatable bonds is 7. The van der Waals surface area contributed by atoms with Crippen LogP contribution in [0.1, 0.15) is 27.0 Å². The van der Waals surface area contributed by atoms with Crippen LogP contribution in [0.25, 0.3) is 0 Å². The van der Waals surface area contributed by atoms with E-state index in [1.807, 2.05) is 6.92 Å². The van der Waals surface area contributed by atoms with Crippen molar-refractivity contribution in [2.24, 2.45) is 0 Å². The van der Waals surface area contributed by atoms with E-state index in [2.05, 4.69) is 23.7 Å². The molecule has 1 aromatic heterocycles. The Morgan fingerprint density at radius 1 is 1.46 bits per heavy atom. The number of nitrogens with zero attached hydrogens (tertiary/aromatic N) is 4. The van der Waals surface area contributed by atoms with E-state index < -0.39 is 19.4 Å². The van der Waals surface area contributed by atoms with Crippen molar-refractivity contribution in [2.75, 3.05) is 45.7 Å². The van der Waals surface area contributed by atoms with E-state index in [-0.39, 0.29) is 24.6 Å². The zero-order valence-electron chi connectivity index (χ0n) is 16.2. The molecule has 2 rings (SSSR count). The van der Waals surface area contributed by atoms with Crippen LogP contribution < -0.4 is 11.4 Å². The molecule has 9 nitrogen and oxygen atoms in total. The molecule has 0 aliphatic carbocycles. The summed E-state index contributed by atoms with van der Waals surface area (Å²) in [6, 6.07) is 1.84. The highest BCUT2D eigenvalue weighted by atomic mass is 31.2.